The second-order valence-electron chi connectivity index (χ2n) is 1.81. The maximum atomic E-state index is 5.58. The van der Waals surface area contributed by atoms with Crippen LogP contribution in [-0.2, 0) is 0 Å². The van der Waals surface area contributed by atoms with Gasteiger partial charge < -0.3 is 4.42 Å². The molecular formula is C6H3ClN2O. The summed E-state index contributed by atoms with van der Waals surface area (Å²) in [5.74, 6) is 0. The standard InChI is InChI=1S/C6H3ClN2O/c7-5-2-1-4-6(9-5)10-3-8-4/h1-3H. The number of oxazole rings is 1. The van der Waals surface area contributed by atoms with E-state index >= 15 is 0 Å². The van der Waals surface area contributed by atoms with Gasteiger partial charge in [-0.15, -0.1) is 0 Å². The van der Waals surface area contributed by atoms with Crippen LogP contribution in [0.1, 0.15) is 0 Å². The fourth-order valence-electron chi connectivity index (χ4n) is 0.729. The first-order valence-electron chi connectivity index (χ1n) is 2.72. The molecule has 2 rings (SSSR count). The summed E-state index contributed by atoms with van der Waals surface area (Å²) >= 11 is 5.58. The second-order valence-corrected chi connectivity index (χ2v) is 2.20. The summed E-state index contributed by atoms with van der Waals surface area (Å²) in [4.78, 5) is 7.74. The predicted octanol–water partition coefficient (Wildman–Crippen LogP) is 1.88. The first-order chi connectivity index (χ1) is 4.86. The third-order valence-electron chi connectivity index (χ3n) is 1.16. The quantitative estimate of drug-likeness (QED) is 0.544. The summed E-state index contributed by atoms with van der Waals surface area (Å²) in [6.07, 6.45) is 1.34. The number of nitrogens with zero attached hydrogens (tertiary/aromatic N) is 2. The van der Waals surface area contributed by atoms with Gasteiger partial charge in [0.05, 0.1) is 0 Å². The van der Waals surface area contributed by atoms with E-state index in [2.05, 4.69) is 9.97 Å². The zero-order valence-corrected chi connectivity index (χ0v) is 5.67. The number of hydrogen-bond acceptors (Lipinski definition) is 3. The maximum absolute atomic E-state index is 5.58. The van der Waals surface area contributed by atoms with Gasteiger partial charge in [0.25, 0.3) is 0 Å². The van der Waals surface area contributed by atoms with Crippen molar-refractivity contribution in [3.63, 3.8) is 0 Å². The molecule has 2 aromatic rings. The molecule has 0 aliphatic carbocycles. The second kappa shape index (κ2) is 1.95. The number of halogens is 1. The van der Waals surface area contributed by atoms with E-state index in [-0.39, 0.29) is 0 Å². The number of rotatable bonds is 0. The van der Waals surface area contributed by atoms with Gasteiger partial charge in [-0.05, 0) is 12.1 Å². The van der Waals surface area contributed by atoms with Crippen LogP contribution in [0.5, 0.6) is 0 Å². The van der Waals surface area contributed by atoms with E-state index in [4.69, 9.17) is 16.0 Å². The Hall–Kier alpha value is -1.09. The molecule has 0 saturated heterocycles. The summed E-state index contributed by atoms with van der Waals surface area (Å²) in [5, 5.41) is 0.421. The van der Waals surface area contributed by atoms with E-state index in [0.717, 1.165) is 5.52 Å². The summed E-state index contributed by atoms with van der Waals surface area (Å²) in [7, 11) is 0. The van der Waals surface area contributed by atoms with Crippen LogP contribution >= 0.6 is 11.6 Å². The highest BCUT2D eigenvalue weighted by molar-refractivity contribution is 6.29. The molecule has 0 aliphatic rings. The largest absolute Gasteiger partial charge is 0.425 e. The van der Waals surface area contributed by atoms with Gasteiger partial charge in [-0.3, -0.25) is 0 Å². The third kappa shape index (κ3) is 0.752. The van der Waals surface area contributed by atoms with Gasteiger partial charge in [0, 0.05) is 0 Å². The van der Waals surface area contributed by atoms with Gasteiger partial charge >= 0.3 is 0 Å². The van der Waals surface area contributed by atoms with Crippen molar-refractivity contribution in [2.75, 3.05) is 0 Å². The van der Waals surface area contributed by atoms with Crippen molar-refractivity contribution in [2.24, 2.45) is 0 Å². The molecule has 0 fully saturated rings. The average Bonchev–Trinajstić information content (AvgIpc) is 2.33. The molecule has 0 saturated carbocycles. The van der Waals surface area contributed by atoms with Crippen molar-refractivity contribution < 1.29 is 4.42 Å². The monoisotopic (exact) mass is 154 g/mol. The zero-order valence-electron chi connectivity index (χ0n) is 4.91. The lowest BCUT2D eigenvalue weighted by Crippen LogP contribution is -1.73. The van der Waals surface area contributed by atoms with Crippen LogP contribution < -0.4 is 0 Å². The Labute approximate surface area is 61.6 Å². The fraction of sp³-hybridized carbons (Fsp3) is 0. The van der Waals surface area contributed by atoms with Gasteiger partial charge in [-0.25, -0.2) is 4.98 Å². The van der Waals surface area contributed by atoms with Crippen LogP contribution in [0.4, 0.5) is 0 Å². The Morgan fingerprint density at radius 2 is 2.30 bits per heavy atom. The Kier molecular flexibility index (Phi) is 1.11. The summed E-state index contributed by atoms with van der Waals surface area (Å²) in [6, 6.07) is 3.43. The molecule has 3 nitrogen and oxygen atoms in total. The average molecular weight is 155 g/mol. The van der Waals surface area contributed by atoms with E-state index in [9.17, 15) is 0 Å². The summed E-state index contributed by atoms with van der Waals surface area (Å²) < 4.78 is 4.89. The number of aromatic nitrogens is 2. The molecule has 0 N–H and O–H groups in total. The molecule has 0 atom stereocenters. The van der Waals surface area contributed by atoms with E-state index < -0.39 is 0 Å². The van der Waals surface area contributed by atoms with Crippen molar-refractivity contribution in [1.82, 2.24) is 9.97 Å². The zero-order chi connectivity index (χ0) is 6.97. The van der Waals surface area contributed by atoms with Gasteiger partial charge in [-0.2, -0.15) is 4.98 Å². The van der Waals surface area contributed by atoms with Crippen molar-refractivity contribution in [3.05, 3.63) is 23.7 Å². The number of pyridine rings is 1. The minimum Gasteiger partial charge on any atom is -0.425 e. The van der Waals surface area contributed by atoms with Crippen LogP contribution in [0.3, 0.4) is 0 Å². The van der Waals surface area contributed by atoms with E-state index in [1.807, 2.05) is 0 Å². The molecule has 0 bridgehead atoms. The molecule has 50 valence electrons. The Morgan fingerprint density at radius 1 is 1.40 bits per heavy atom. The molecule has 0 spiro atoms. The van der Waals surface area contributed by atoms with E-state index in [1.54, 1.807) is 12.1 Å². The lowest BCUT2D eigenvalue weighted by atomic mass is 10.4. The van der Waals surface area contributed by atoms with Crippen molar-refractivity contribution in [2.45, 2.75) is 0 Å². The third-order valence-corrected chi connectivity index (χ3v) is 1.37. The smallest absolute Gasteiger partial charge is 0.248 e. The SMILES string of the molecule is Clc1ccc2ncoc2n1. The maximum Gasteiger partial charge on any atom is 0.248 e. The Bertz CT molecular complexity index is 357. The van der Waals surface area contributed by atoms with Gasteiger partial charge in [0.15, 0.2) is 6.39 Å². The lowest BCUT2D eigenvalue weighted by molar-refractivity contribution is 0.591. The predicted molar refractivity (Wildman–Crippen MR) is 36.8 cm³/mol. The van der Waals surface area contributed by atoms with Crippen LogP contribution in [-0.4, -0.2) is 9.97 Å². The summed E-state index contributed by atoms with van der Waals surface area (Å²) in [6.45, 7) is 0. The van der Waals surface area contributed by atoms with Crippen molar-refractivity contribution in [3.8, 4) is 0 Å². The van der Waals surface area contributed by atoms with E-state index in [0.29, 0.717) is 10.9 Å². The van der Waals surface area contributed by atoms with Crippen molar-refractivity contribution >= 4 is 22.8 Å². The number of hydrogen-bond donors (Lipinski definition) is 0. The summed E-state index contributed by atoms with van der Waals surface area (Å²) in [5.41, 5.74) is 1.21. The van der Waals surface area contributed by atoms with Gasteiger partial charge in [0.1, 0.15) is 10.7 Å². The highest BCUT2D eigenvalue weighted by atomic mass is 35.5. The van der Waals surface area contributed by atoms with Crippen LogP contribution in [0, 0.1) is 0 Å². The molecular weight excluding hydrogens is 152 g/mol. The minimum atomic E-state index is 0.421. The Morgan fingerprint density at radius 3 is 3.20 bits per heavy atom. The highest BCUT2D eigenvalue weighted by Crippen LogP contribution is 2.12. The fourth-order valence-corrected chi connectivity index (χ4v) is 0.868. The molecule has 0 radical (unpaired) electrons. The first-order valence-corrected chi connectivity index (χ1v) is 3.10. The molecule has 10 heavy (non-hydrogen) atoms. The topological polar surface area (TPSA) is 38.9 Å². The lowest BCUT2D eigenvalue weighted by Gasteiger charge is -1.84. The molecule has 0 aliphatic heterocycles. The normalized spacial score (nSPS) is 10.5. The minimum absolute atomic E-state index is 0.421. The van der Waals surface area contributed by atoms with E-state index in [1.165, 1.54) is 6.39 Å². The Balaban J connectivity index is 2.86. The van der Waals surface area contributed by atoms with Gasteiger partial charge in [0.2, 0.25) is 5.71 Å². The molecule has 4 heteroatoms. The van der Waals surface area contributed by atoms with Crippen LogP contribution in [0.2, 0.25) is 5.15 Å². The van der Waals surface area contributed by atoms with Gasteiger partial charge in [-0.1, -0.05) is 11.6 Å². The first kappa shape index (κ1) is 5.68. The molecule has 0 amide bonds. The van der Waals surface area contributed by atoms with Crippen molar-refractivity contribution in [1.29, 1.82) is 0 Å². The number of fused-ring (bicyclic) bond motifs is 1. The highest BCUT2D eigenvalue weighted by Gasteiger charge is 1.98. The van der Waals surface area contributed by atoms with Crippen LogP contribution in [0.25, 0.3) is 11.2 Å². The molecule has 2 aromatic heterocycles. The molecule has 2 heterocycles. The molecule has 0 aromatic carbocycles. The van der Waals surface area contributed by atoms with Crippen LogP contribution in [0.15, 0.2) is 22.9 Å². The molecule has 0 unspecified atom stereocenters.